The van der Waals surface area contributed by atoms with Crippen molar-refractivity contribution < 1.29 is 22.7 Å². The van der Waals surface area contributed by atoms with Crippen molar-refractivity contribution in [3.63, 3.8) is 0 Å². The van der Waals surface area contributed by atoms with Crippen molar-refractivity contribution in [3.8, 4) is 17.4 Å². The molecule has 0 saturated carbocycles. The average Bonchev–Trinajstić information content (AvgIpc) is 3.10. The van der Waals surface area contributed by atoms with Crippen molar-refractivity contribution >= 4 is 21.7 Å². The predicted octanol–water partition coefficient (Wildman–Crippen LogP) is 4.02. The molecule has 1 aromatic carbocycles. The number of carbonyl (C=O) groups excluding carboxylic acids is 1. The molecule has 1 N–H and O–H groups in total. The lowest BCUT2D eigenvalue weighted by molar-refractivity contribution is 0.0981. The van der Waals surface area contributed by atoms with Gasteiger partial charge in [-0.15, -0.1) is 0 Å². The Morgan fingerprint density at radius 3 is 2.57 bits per heavy atom. The third-order valence-corrected chi connectivity index (χ3v) is 7.06. The fraction of sp³-hybridized carbons (Fsp3) is 0.320. The molecule has 0 radical (unpaired) electrons. The average molecular weight is 497 g/mol. The van der Waals surface area contributed by atoms with Gasteiger partial charge in [0.1, 0.15) is 17.3 Å². The van der Waals surface area contributed by atoms with Crippen LogP contribution in [0.15, 0.2) is 65.8 Å². The molecule has 9 nitrogen and oxygen atoms in total. The highest BCUT2D eigenvalue weighted by Gasteiger charge is 2.39. The van der Waals surface area contributed by atoms with E-state index in [0.29, 0.717) is 23.2 Å². The van der Waals surface area contributed by atoms with E-state index in [2.05, 4.69) is 40.4 Å². The van der Waals surface area contributed by atoms with Crippen LogP contribution in [0.2, 0.25) is 0 Å². The molecule has 4 rings (SSSR count). The minimum Gasteiger partial charge on any atom is -0.497 e. The summed E-state index contributed by atoms with van der Waals surface area (Å²) >= 11 is 0. The molecule has 1 aliphatic rings. The van der Waals surface area contributed by atoms with Crippen molar-refractivity contribution in [3.05, 3.63) is 66.4 Å². The largest absolute Gasteiger partial charge is 0.497 e. The lowest BCUT2D eigenvalue weighted by Gasteiger charge is -2.33. The number of benzene rings is 1. The van der Waals surface area contributed by atoms with Crippen LogP contribution in [-0.4, -0.2) is 43.5 Å². The first-order valence-corrected chi connectivity index (χ1v) is 12.7. The number of nitrogens with zero attached hydrogens (tertiary/aromatic N) is 3. The third-order valence-electron chi connectivity index (χ3n) is 5.82. The molecule has 1 amide bonds. The molecule has 1 unspecified atom stereocenters. The summed E-state index contributed by atoms with van der Waals surface area (Å²) in [5.74, 6) is 1.17. The maximum atomic E-state index is 13.1. The number of hydrogen-bond donors (Lipinski definition) is 1. The van der Waals surface area contributed by atoms with Gasteiger partial charge in [0, 0.05) is 30.4 Å². The SMILES string of the molecule is COc1cccc(Oc2cccc(S(=O)(=O)NC(=O)c3cccnc3N3CC(C)CC3(C)C)n2)c1. The van der Waals surface area contributed by atoms with E-state index in [1.165, 1.54) is 25.3 Å². The number of anilines is 1. The molecule has 0 bridgehead atoms. The first-order valence-electron chi connectivity index (χ1n) is 11.2. The number of carbonyl (C=O) groups is 1. The quantitative estimate of drug-likeness (QED) is 0.522. The topological polar surface area (TPSA) is 111 Å². The standard InChI is InChI=1S/C25H28N4O5S/c1-17-15-25(2,3)29(16-17)23-20(10-7-13-26-23)24(30)28-35(31,32)22-12-6-11-21(27-22)34-19-9-5-8-18(14-19)33-4/h5-14,17H,15-16H2,1-4H3,(H,28,30). The van der Waals surface area contributed by atoms with E-state index >= 15 is 0 Å². The number of sulfonamides is 1. The summed E-state index contributed by atoms with van der Waals surface area (Å²) in [6.07, 6.45) is 2.54. The Balaban J connectivity index is 1.57. The minimum absolute atomic E-state index is 0.0587. The van der Waals surface area contributed by atoms with Gasteiger partial charge in [0.05, 0.1) is 12.7 Å². The van der Waals surface area contributed by atoms with Crippen LogP contribution >= 0.6 is 0 Å². The molecule has 0 aliphatic carbocycles. The molecule has 0 spiro atoms. The summed E-state index contributed by atoms with van der Waals surface area (Å²) in [6, 6.07) is 14.3. The summed E-state index contributed by atoms with van der Waals surface area (Å²) in [7, 11) is -2.74. The Morgan fingerprint density at radius 2 is 1.86 bits per heavy atom. The molecule has 10 heteroatoms. The van der Waals surface area contributed by atoms with Gasteiger partial charge >= 0.3 is 0 Å². The van der Waals surface area contributed by atoms with E-state index < -0.39 is 15.9 Å². The maximum absolute atomic E-state index is 13.1. The summed E-state index contributed by atoms with van der Waals surface area (Å²) in [6.45, 7) is 7.03. The van der Waals surface area contributed by atoms with Gasteiger partial charge in [-0.3, -0.25) is 4.79 Å². The monoisotopic (exact) mass is 496 g/mol. The van der Waals surface area contributed by atoms with Gasteiger partial charge in [0.15, 0.2) is 5.03 Å². The maximum Gasteiger partial charge on any atom is 0.281 e. The number of nitrogens with one attached hydrogen (secondary N) is 1. The third kappa shape index (κ3) is 5.37. The number of hydrogen-bond acceptors (Lipinski definition) is 8. The Labute approximate surface area is 205 Å². The highest BCUT2D eigenvalue weighted by Crippen LogP contribution is 2.37. The lowest BCUT2D eigenvalue weighted by Crippen LogP contribution is -2.41. The molecule has 184 valence electrons. The van der Waals surface area contributed by atoms with Crippen molar-refractivity contribution in [2.45, 2.75) is 37.8 Å². The molecule has 3 heterocycles. The second-order valence-electron chi connectivity index (χ2n) is 9.14. The highest BCUT2D eigenvalue weighted by atomic mass is 32.2. The van der Waals surface area contributed by atoms with Crippen molar-refractivity contribution in [1.29, 1.82) is 0 Å². The highest BCUT2D eigenvalue weighted by molar-refractivity contribution is 7.90. The van der Waals surface area contributed by atoms with E-state index in [9.17, 15) is 13.2 Å². The van der Waals surface area contributed by atoms with E-state index in [1.54, 1.807) is 42.6 Å². The first-order chi connectivity index (χ1) is 16.6. The number of amides is 1. The van der Waals surface area contributed by atoms with Crippen molar-refractivity contribution in [2.24, 2.45) is 5.92 Å². The first kappa shape index (κ1) is 24.5. The van der Waals surface area contributed by atoms with E-state index in [4.69, 9.17) is 9.47 Å². The minimum atomic E-state index is -4.28. The van der Waals surface area contributed by atoms with E-state index in [0.717, 1.165) is 13.0 Å². The number of rotatable bonds is 7. The van der Waals surface area contributed by atoms with Crippen LogP contribution in [0.5, 0.6) is 17.4 Å². The number of aromatic nitrogens is 2. The zero-order valence-electron chi connectivity index (χ0n) is 20.1. The van der Waals surface area contributed by atoms with Crippen LogP contribution in [-0.2, 0) is 10.0 Å². The van der Waals surface area contributed by atoms with Crippen LogP contribution in [0.25, 0.3) is 0 Å². The number of pyridine rings is 2. The van der Waals surface area contributed by atoms with Gasteiger partial charge in [0.2, 0.25) is 5.88 Å². The smallest absolute Gasteiger partial charge is 0.281 e. The van der Waals surface area contributed by atoms with Crippen LogP contribution < -0.4 is 19.1 Å². The zero-order valence-corrected chi connectivity index (χ0v) is 20.9. The number of methoxy groups -OCH3 is 1. The Morgan fingerprint density at radius 1 is 1.11 bits per heavy atom. The number of ether oxygens (including phenoxy) is 2. The van der Waals surface area contributed by atoms with Gasteiger partial charge in [-0.2, -0.15) is 13.4 Å². The molecule has 1 aliphatic heterocycles. The Hall–Kier alpha value is -3.66. The van der Waals surface area contributed by atoms with Gasteiger partial charge < -0.3 is 14.4 Å². The van der Waals surface area contributed by atoms with Gasteiger partial charge in [-0.05, 0) is 56.5 Å². The molecule has 35 heavy (non-hydrogen) atoms. The Bertz CT molecular complexity index is 1340. The fourth-order valence-corrected chi connectivity index (χ4v) is 5.29. The molecule has 1 saturated heterocycles. The predicted molar refractivity (Wildman–Crippen MR) is 131 cm³/mol. The fourth-order valence-electron chi connectivity index (χ4n) is 4.37. The van der Waals surface area contributed by atoms with Crippen LogP contribution in [0.1, 0.15) is 37.6 Å². The molecular formula is C25H28N4O5S. The second-order valence-corrected chi connectivity index (χ2v) is 10.8. The summed E-state index contributed by atoms with van der Waals surface area (Å²) in [5, 5.41) is -0.341. The van der Waals surface area contributed by atoms with Gasteiger partial charge in [0.25, 0.3) is 15.9 Å². The second kappa shape index (κ2) is 9.53. The molecule has 1 fully saturated rings. The Kier molecular flexibility index (Phi) is 6.66. The zero-order chi connectivity index (χ0) is 25.2. The summed E-state index contributed by atoms with van der Waals surface area (Å²) in [5.41, 5.74) is -0.0308. The molecular weight excluding hydrogens is 468 g/mol. The van der Waals surface area contributed by atoms with Crippen LogP contribution in [0, 0.1) is 5.92 Å². The van der Waals surface area contributed by atoms with E-state index in [-0.39, 0.29) is 22.0 Å². The molecule has 1 atom stereocenters. The van der Waals surface area contributed by atoms with Crippen molar-refractivity contribution in [1.82, 2.24) is 14.7 Å². The molecule has 2 aromatic heterocycles. The van der Waals surface area contributed by atoms with Gasteiger partial charge in [-0.1, -0.05) is 19.1 Å². The normalized spacial score (nSPS) is 17.1. The van der Waals surface area contributed by atoms with Crippen LogP contribution in [0.3, 0.4) is 0 Å². The van der Waals surface area contributed by atoms with Crippen LogP contribution in [0.4, 0.5) is 5.82 Å². The van der Waals surface area contributed by atoms with E-state index in [1.807, 2.05) is 0 Å². The lowest BCUT2D eigenvalue weighted by atomic mass is 9.97. The van der Waals surface area contributed by atoms with Gasteiger partial charge in [-0.25, -0.2) is 9.71 Å². The van der Waals surface area contributed by atoms with Crippen molar-refractivity contribution in [2.75, 3.05) is 18.6 Å². The summed E-state index contributed by atoms with van der Waals surface area (Å²) in [4.78, 5) is 23.7. The molecule has 3 aromatic rings. The summed E-state index contributed by atoms with van der Waals surface area (Å²) < 4.78 is 39.0.